The molecule has 4 aromatic heterocycles. The first-order valence-electron chi connectivity index (χ1n) is 11.7. The van der Waals surface area contributed by atoms with Crippen LogP contribution in [0.5, 0.6) is 17.4 Å². The molecule has 212 valence electrons. The molecule has 0 aliphatic rings. The van der Waals surface area contributed by atoms with Crippen LogP contribution in [0.15, 0.2) is 51.9 Å². The second-order valence-corrected chi connectivity index (χ2v) is 8.44. The van der Waals surface area contributed by atoms with Crippen molar-refractivity contribution >= 4 is 11.6 Å². The van der Waals surface area contributed by atoms with Gasteiger partial charge in [-0.25, -0.2) is 24.5 Å². The third-order valence-corrected chi connectivity index (χ3v) is 5.78. The number of pyridine rings is 1. The maximum absolute atomic E-state index is 13.5. The molecule has 1 aromatic carbocycles. The fraction of sp³-hybridized carbons (Fsp3) is 0.200. The minimum atomic E-state index is -4.69. The van der Waals surface area contributed by atoms with E-state index in [1.165, 1.54) is 46.7 Å². The van der Waals surface area contributed by atoms with Gasteiger partial charge in [0.1, 0.15) is 17.1 Å². The Bertz CT molecular complexity index is 1760. The maximum Gasteiger partial charge on any atom is 0.435 e. The third-order valence-electron chi connectivity index (χ3n) is 5.78. The van der Waals surface area contributed by atoms with Gasteiger partial charge < -0.3 is 23.9 Å². The molecule has 0 amide bonds. The average molecular weight is 570 g/mol. The third kappa shape index (κ3) is 5.52. The van der Waals surface area contributed by atoms with Crippen LogP contribution < -0.4 is 25.3 Å². The smallest absolute Gasteiger partial charge is 0.435 e. The number of aromatic nitrogens is 7. The van der Waals surface area contributed by atoms with Crippen molar-refractivity contribution in [1.29, 1.82) is 0 Å². The largest absolute Gasteiger partial charge is 0.497 e. The maximum atomic E-state index is 13.5. The molecule has 16 heteroatoms. The lowest BCUT2D eigenvalue weighted by atomic mass is 10.1. The minimum absolute atomic E-state index is 0.00626. The summed E-state index contributed by atoms with van der Waals surface area (Å²) in [5.74, 6) is 0.212. The van der Waals surface area contributed by atoms with Crippen LogP contribution in [-0.2, 0) is 6.18 Å². The van der Waals surface area contributed by atoms with Crippen molar-refractivity contribution in [3.05, 3.63) is 64.7 Å². The quantitative estimate of drug-likeness (QED) is 0.276. The molecule has 0 bridgehead atoms. The van der Waals surface area contributed by atoms with Crippen molar-refractivity contribution < 1.29 is 31.8 Å². The van der Waals surface area contributed by atoms with E-state index < -0.39 is 17.6 Å². The second kappa shape index (κ2) is 10.6. The lowest BCUT2D eigenvalue weighted by molar-refractivity contribution is -0.141. The monoisotopic (exact) mass is 570 g/mol. The number of ether oxygens (including phenoxy) is 3. The van der Waals surface area contributed by atoms with Gasteiger partial charge in [-0.2, -0.15) is 23.3 Å². The van der Waals surface area contributed by atoms with Crippen LogP contribution in [0.1, 0.15) is 11.4 Å². The SMILES string of the molecule is COc1cc(Nc2ncc(-c3cnc(OC)c(-c4n[nH]c(=O)o4)c3)c(-n3nc(C(F)(F)F)cc3C)n2)cc(OC)c1. The van der Waals surface area contributed by atoms with Crippen LogP contribution in [0.25, 0.3) is 28.4 Å². The predicted molar refractivity (Wildman–Crippen MR) is 138 cm³/mol. The van der Waals surface area contributed by atoms with E-state index in [-0.39, 0.29) is 40.4 Å². The van der Waals surface area contributed by atoms with E-state index in [0.717, 1.165) is 10.7 Å². The molecule has 0 aliphatic carbocycles. The van der Waals surface area contributed by atoms with Crippen LogP contribution in [0, 0.1) is 6.92 Å². The Kier molecular flexibility index (Phi) is 7.04. The standard InChI is InChI=1S/C25H21F3N8O5/c1-12-5-19(25(26,27)28)35-36(12)20-18(13-6-17(21(40-4)29-10-13)22-33-34-24(37)41-22)11-30-23(32-20)31-14-7-15(38-2)9-16(8-14)39-3/h5-11H,1-4H3,(H,34,37)(H,30,31,32). The number of anilines is 2. The van der Waals surface area contributed by atoms with Gasteiger partial charge in [0.25, 0.3) is 5.89 Å². The number of halogens is 3. The van der Waals surface area contributed by atoms with Gasteiger partial charge in [0, 0.05) is 53.1 Å². The zero-order valence-corrected chi connectivity index (χ0v) is 21.9. The van der Waals surface area contributed by atoms with Crippen LogP contribution in [0.2, 0.25) is 0 Å². The number of hydrogen-bond acceptors (Lipinski definition) is 11. The summed E-state index contributed by atoms with van der Waals surface area (Å²) in [6.07, 6.45) is -1.89. The zero-order chi connectivity index (χ0) is 29.3. The number of alkyl halides is 3. The lowest BCUT2D eigenvalue weighted by Crippen LogP contribution is -2.11. The summed E-state index contributed by atoms with van der Waals surface area (Å²) in [4.78, 5) is 24.7. The molecule has 0 atom stereocenters. The van der Waals surface area contributed by atoms with Crippen LogP contribution >= 0.6 is 0 Å². The number of methoxy groups -OCH3 is 3. The molecule has 0 unspecified atom stereocenters. The fourth-order valence-corrected chi connectivity index (χ4v) is 3.89. The summed E-state index contributed by atoms with van der Waals surface area (Å²) >= 11 is 0. The first-order chi connectivity index (χ1) is 19.6. The van der Waals surface area contributed by atoms with Gasteiger partial charge in [0.05, 0.1) is 21.3 Å². The Morgan fingerprint density at radius 1 is 0.951 bits per heavy atom. The molecule has 2 N–H and O–H groups in total. The highest BCUT2D eigenvalue weighted by atomic mass is 19.4. The van der Waals surface area contributed by atoms with Gasteiger partial charge in [-0.1, -0.05) is 0 Å². The summed E-state index contributed by atoms with van der Waals surface area (Å²) in [5.41, 5.74) is 0.361. The number of aromatic amines is 1. The number of aryl methyl sites for hydroxylation is 1. The van der Waals surface area contributed by atoms with Gasteiger partial charge in [-0.3, -0.25) is 0 Å². The van der Waals surface area contributed by atoms with E-state index in [0.29, 0.717) is 22.7 Å². The average Bonchev–Trinajstić information content (AvgIpc) is 3.57. The zero-order valence-electron chi connectivity index (χ0n) is 21.9. The van der Waals surface area contributed by atoms with Gasteiger partial charge >= 0.3 is 11.9 Å². The van der Waals surface area contributed by atoms with Crippen LogP contribution in [0.3, 0.4) is 0 Å². The Labute approximate surface area is 229 Å². The summed E-state index contributed by atoms with van der Waals surface area (Å²) < 4.78 is 62.6. The van der Waals surface area contributed by atoms with E-state index in [1.807, 2.05) is 0 Å². The molecule has 41 heavy (non-hydrogen) atoms. The Hall–Kier alpha value is -5.41. The molecular formula is C25H21F3N8O5. The first-order valence-corrected chi connectivity index (χ1v) is 11.7. The number of rotatable bonds is 8. The molecule has 5 rings (SSSR count). The molecule has 13 nitrogen and oxygen atoms in total. The number of H-pyrrole nitrogens is 1. The Morgan fingerprint density at radius 3 is 2.27 bits per heavy atom. The summed E-state index contributed by atoms with van der Waals surface area (Å²) in [6.45, 7) is 1.46. The van der Waals surface area contributed by atoms with Crippen LogP contribution in [0.4, 0.5) is 24.8 Å². The molecule has 0 spiro atoms. The topological polar surface area (TPSA) is 155 Å². The van der Waals surface area contributed by atoms with Gasteiger partial charge in [-0.15, -0.1) is 5.10 Å². The number of nitrogens with zero attached hydrogens (tertiary/aromatic N) is 6. The summed E-state index contributed by atoms with van der Waals surface area (Å²) in [5, 5.41) is 12.8. The number of benzene rings is 1. The molecular weight excluding hydrogens is 549 g/mol. The molecule has 0 saturated heterocycles. The highest BCUT2D eigenvalue weighted by Crippen LogP contribution is 2.35. The van der Waals surface area contributed by atoms with Crippen LogP contribution in [-0.4, -0.2) is 56.3 Å². The Balaban J connectivity index is 1.67. The predicted octanol–water partition coefficient (Wildman–Crippen LogP) is 4.16. The number of hydrogen-bond donors (Lipinski definition) is 2. The van der Waals surface area contributed by atoms with Crippen molar-refractivity contribution in [3.63, 3.8) is 0 Å². The summed E-state index contributed by atoms with van der Waals surface area (Å²) in [6, 6.07) is 7.43. The van der Waals surface area contributed by atoms with Gasteiger partial charge in [0.2, 0.25) is 11.8 Å². The lowest BCUT2D eigenvalue weighted by Gasteiger charge is -2.14. The molecule has 0 fully saturated rings. The molecule has 0 saturated carbocycles. The van der Waals surface area contributed by atoms with Gasteiger partial charge in [0.15, 0.2) is 11.5 Å². The normalized spacial score (nSPS) is 11.4. The van der Waals surface area contributed by atoms with Gasteiger partial charge in [-0.05, 0) is 19.1 Å². The number of nitrogens with one attached hydrogen (secondary N) is 2. The second-order valence-electron chi connectivity index (χ2n) is 8.44. The fourth-order valence-electron chi connectivity index (χ4n) is 3.89. The van der Waals surface area contributed by atoms with Crippen molar-refractivity contribution in [2.24, 2.45) is 0 Å². The highest BCUT2D eigenvalue weighted by molar-refractivity contribution is 5.76. The van der Waals surface area contributed by atoms with E-state index >= 15 is 0 Å². The molecule has 5 aromatic rings. The Morgan fingerprint density at radius 2 is 1.68 bits per heavy atom. The van der Waals surface area contributed by atoms with Crippen molar-refractivity contribution in [1.82, 2.24) is 34.9 Å². The van der Waals surface area contributed by atoms with E-state index in [9.17, 15) is 18.0 Å². The van der Waals surface area contributed by atoms with Crippen molar-refractivity contribution in [2.45, 2.75) is 13.1 Å². The first kappa shape index (κ1) is 27.2. The van der Waals surface area contributed by atoms with E-state index in [2.05, 4.69) is 35.6 Å². The van der Waals surface area contributed by atoms with E-state index in [1.54, 1.807) is 18.2 Å². The van der Waals surface area contributed by atoms with Crippen molar-refractivity contribution in [2.75, 3.05) is 26.6 Å². The molecule has 0 radical (unpaired) electrons. The molecule has 4 heterocycles. The molecule has 0 aliphatic heterocycles. The minimum Gasteiger partial charge on any atom is -0.497 e. The summed E-state index contributed by atoms with van der Waals surface area (Å²) in [7, 11) is 4.35. The highest BCUT2D eigenvalue weighted by Gasteiger charge is 2.35. The van der Waals surface area contributed by atoms with Crippen molar-refractivity contribution in [3.8, 4) is 45.8 Å². The van der Waals surface area contributed by atoms with E-state index in [4.69, 9.17) is 18.6 Å².